The summed E-state index contributed by atoms with van der Waals surface area (Å²) < 4.78 is 25.1. The SMILES string of the molecule is Cc1nnn(C)c1-c1cc2c(cc1F)c1ncc(C(C)(C)O)cc1n2[C@H](c1ccccc1)C1COC1. The summed E-state index contributed by atoms with van der Waals surface area (Å²) in [6.07, 6.45) is 1.68. The van der Waals surface area contributed by atoms with Crippen LogP contribution < -0.4 is 0 Å². The van der Waals surface area contributed by atoms with Crippen LogP contribution in [0.3, 0.4) is 0 Å². The Labute approximate surface area is 208 Å². The maximum absolute atomic E-state index is 15.6. The largest absolute Gasteiger partial charge is 0.386 e. The van der Waals surface area contributed by atoms with Crippen molar-refractivity contribution in [3.8, 4) is 11.3 Å². The van der Waals surface area contributed by atoms with Crippen molar-refractivity contribution in [2.75, 3.05) is 13.2 Å². The molecule has 0 saturated carbocycles. The minimum Gasteiger partial charge on any atom is -0.386 e. The summed E-state index contributed by atoms with van der Waals surface area (Å²) in [5.74, 6) is -0.114. The van der Waals surface area contributed by atoms with E-state index in [0.717, 1.165) is 22.0 Å². The van der Waals surface area contributed by atoms with Gasteiger partial charge in [-0.05, 0) is 44.5 Å². The maximum Gasteiger partial charge on any atom is 0.133 e. The standard InChI is InChI=1S/C28H28FN5O2/c1-16-26(33(4)32-31-16)20-12-23-21(11-22(20)29)25-24(10-19(13-30-25)28(2,3)35)34(23)27(18-14-36-15-18)17-8-6-5-7-9-17/h5-13,18,27,35H,14-15H2,1-4H3/t27-/m1/s1. The van der Waals surface area contributed by atoms with Crippen molar-refractivity contribution in [1.82, 2.24) is 24.5 Å². The molecule has 1 saturated heterocycles. The number of halogens is 1. The Balaban J connectivity index is 1.73. The molecule has 1 aliphatic heterocycles. The molecule has 0 amide bonds. The fourth-order valence-electron chi connectivity index (χ4n) is 5.29. The van der Waals surface area contributed by atoms with Crippen LogP contribution >= 0.6 is 0 Å². The monoisotopic (exact) mass is 485 g/mol. The first kappa shape index (κ1) is 22.8. The molecule has 5 aromatic rings. The number of ether oxygens (including phenoxy) is 1. The third kappa shape index (κ3) is 3.51. The minimum atomic E-state index is -1.07. The van der Waals surface area contributed by atoms with Gasteiger partial charge in [-0.2, -0.15) is 0 Å². The van der Waals surface area contributed by atoms with Crippen LogP contribution in [0.5, 0.6) is 0 Å². The number of aryl methyl sites for hydroxylation is 2. The van der Waals surface area contributed by atoms with E-state index in [1.807, 2.05) is 37.3 Å². The number of nitrogens with zero attached hydrogens (tertiary/aromatic N) is 5. The van der Waals surface area contributed by atoms with Crippen molar-refractivity contribution in [3.63, 3.8) is 0 Å². The van der Waals surface area contributed by atoms with Crippen LogP contribution in [0.25, 0.3) is 33.2 Å². The molecule has 3 aromatic heterocycles. The van der Waals surface area contributed by atoms with E-state index in [9.17, 15) is 5.11 Å². The molecule has 0 aliphatic carbocycles. The van der Waals surface area contributed by atoms with Crippen LogP contribution in [0, 0.1) is 18.7 Å². The number of hydrogen-bond acceptors (Lipinski definition) is 5. The van der Waals surface area contributed by atoms with Crippen LogP contribution in [0.1, 0.15) is 36.7 Å². The van der Waals surface area contributed by atoms with Gasteiger partial charge in [-0.25, -0.2) is 9.07 Å². The summed E-state index contributed by atoms with van der Waals surface area (Å²) in [5.41, 5.74) is 4.92. The molecule has 0 unspecified atom stereocenters. The number of rotatable bonds is 5. The number of fused-ring (bicyclic) bond motifs is 3. The molecule has 36 heavy (non-hydrogen) atoms. The first-order valence-electron chi connectivity index (χ1n) is 12.1. The first-order valence-corrected chi connectivity index (χ1v) is 12.1. The Bertz CT molecular complexity index is 1580. The lowest BCUT2D eigenvalue weighted by Gasteiger charge is -2.36. The predicted molar refractivity (Wildman–Crippen MR) is 136 cm³/mol. The van der Waals surface area contributed by atoms with Crippen molar-refractivity contribution in [1.29, 1.82) is 0 Å². The predicted octanol–water partition coefficient (Wildman–Crippen LogP) is 4.90. The second-order valence-electron chi connectivity index (χ2n) is 10.2. The third-order valence-electron chi connectivity index (χ3n) is 7.21. The summed E-state index contributed by atoms with van der Waals surface area (Å²) in [6, 6.07) is 15.7. The van der Waals surface area contributed by atoms with Crippen molar-refractivity contribution < 1.29 is 14.2 Å². The summed E-state index contributed by atoms with van der Waals surface area (Å²) >= 11 is 0. The highest BCUT2D eigenvalue weighted by Crippen LogP contribution is 2.42. The zero-order chi connectivity index (χ0) is 25.2. The molecule has 2 aromatic carbocycles. The first-order chi connectivity index (χ1) is 17.2. The van der Waals surface area contributed by atoms with Crippen molar-refractivity contribution in [2.45, 2.75) is 32.4 Å². The fraction of sp³-hybridized carbons (Fsp3) is 0.321. The average Bonchev–Trinajstić information content (AvgIpc) is 3.31. The van der Waals surface area contributed by atoms with Crippen LogP contribution in [0.15, 0.2) is 54.7 Å². The maximum atomic E-state index is 15.6. The van der Waals surface area contributed by atoms with Crippen LogP contribution in [0.4, 0.5) is 4.39 Å². The molecular formula is C28H28FN5O2. The van der Waals surface area contributed by atoms with Crippen molar-refractivity contribution in [3.05, 3.63) is 77.4 Å². The fourth-order valence-corrected chi connectivity index (χ4v) is 5.29. The topological polar surface area (TPSA) is 78.0 Å². The second kappa shape index (κ2) is 8.21. The van der Waals surface area contributed by atoms with Gasteiger partial charge in [0.15, 0.2) is 0 Å². The van der Waals surface area contributed by atoms with Gasteiger partial charge < -0.3 is 14.4 Å². The molecule has 1 fully saturated rings. The Morgan fingerprint density at radius 3 is 2.47 bits per heavy atom. The molecular weight excluding hydrogens is 457 g/mol. The molecule has 0 bridgehead atoms. The molecule has 8 heteroatoms. The molecule has 1 N–H and O–H groups in total. The lowest BCUT2D eigenvalue weighted by molar-refractivity contribution is -0.0484. The number of aliphatic hydroxyl groups is 1. The molecule has 7 nitrogen and oxygen atoms in total. The van der Waals surface area contributed by atoms with Crippen LogP contribution in [-0.2, 0) is 17.4 Å². The van der Waals surface area contributed by atoms with E-state index >= 15 is 4.39 Å². The third-order valence-corrected chi connectivity index (χ3v) is 7.21. The lowest BCUT2D eigenvalue weighted by Crippen LogP contribution is -2.36. The molecule has 0 radical (unpaired) electrons. The highest BCUT2D eigenvalue weighted by Gasteiger charge is 2.34. The molecule has 184 valence electrons. The van der Waals surface area contributed by atoms with Gasteiger partial charge >= 0.3 is 0 Å². The van der Waals surface area contributed by atoms with Gasteiger partial charge in [-0.1, -0.05) is 35.5 Å². The van der Waals surface area contributed by atoms with E-state index < -0.39 is 5.60 Å². The van der Waals surface area contributed by atoms with Gasteiger partial charge in [0.05, 0.1) is 52.8 Å². The number of hydrogen-bond donors (Lipinski definition) is 1. The quantitative estimate of drug-likeness (QED) is 0.383. The molecule has 4 heterocycles. The van der Waals surface area contributed by atoms with E-state index in [2.05, 4.69) is 27.0 Å². The van der Waals surface area contributed by atoms with E-state index in [1.54, 1.807) is 37.8 Å². The van der Waals surface area contributed by atoms with Crippen LogP contribution in [0.2, 0.25) is 0 Å². The number of pyridine rings is 1. The Kier molecular flexibility index (Phi) is 5.21. The Morgan fingerprint density at radius 1 is 1.11 bits per heavy atom. The van der Waals surface area contributed by atoms with Crippen LogP contribution in [-0.4, -0.2) is 42.9 Å². The highest BCUT2D eigenvalue weighted by atomic mass is 19.1. The Hall–Kier alpha value is -3.62. The van der Waals surface area contributed by atoms with E-state index in [4.69, 9.17) is 9.72 Å². The van der Waals surface area contributed by atoms with Gasteiger partial charge in [-0.15, -0.1) is 5.10 Å². The van der Waals surface area contributed by atoms with E-state index in [-0.39, 0.29) is 17.8 Å². The molecule has 6 rings (SSSR count). The molecule has 0 spiro atoms. The summed E-state index contributed by atoms with van der Waals surface area (Å²) in [5, 5.41) is 19.7. The lowest BCUT2D eigenvalue weighted by atomic mass is 9.90. The van der Waals surface area contributed by atoms with Gasteiger partial charge in [0.1, 0.15) is 5.82 Å². The van der Waals surface area contributed by atoms with E-state index in [0.29, 0.717) is 41.2 Å². The van der Waals surface area contributed by atoms with Crippen molar-refractivity contribution >= 4 is 21.9 Å². The summed E-state index contributed by atoms with van der Waals surface area (Å²) in [7, 11) is 1.77. The number of benzene rings is 2. The van der Waals surface area contributed by atoms with Crippen molar-refractivity contribution in [2.24, 2.45) is 13.0 Å². The van der Waals surface area contributed by atoms with Gasteiger partial charge in [-0.3, -0.25) is 4.98 Å². The summed E-state index contributed by atoms with van der Waals surface area (Å²) in [6.45, 7) is 6.59. The van der Waals surface area contributed by atoms with E-state index in [1.165, 1.54) is 0 Å². The number of aromatic nitrogens is 5. The second-order valence-corrected chi connectivity index (χ2v) is 10.2. The van der Waals surface area contributed by atoms with Gasteiger partial charge in [0, 0.05) is 35.7 Å². The van der Waals surface area contributed by atoms with Gasteiger partial charge in [0.25, 0.3) is 0 Å². The molecule has 1 atom stereocenters. The zero-order valence-corrected chi connectivity index (χ0v) is 20.7. The normalized spacial score (nSPS) is 15.5. The average molecular weight is 486 g/mol. The minimum absolute atomic E-state index is 0.0529. The Morgan fingerprint density at radius 2 is 1.86 bits per heavy atom. The summed E-state index contributed by atoms with van der Waals surface area (Å²) in [4.78, 5) is 4.74. The molecule has 1 aliphatic rings. The zero-order valence-electron chi connectivity index (χ0n) is 20.7. The smallest absolute Gasteiger partial charge is 0.133 e. The highest BCUT2D eigenvalue weighted by molar-refractivity contribution is 6.07. The van der Waals surface area contributed by atoms with Gasteiger partial charge in [0.2, 0.25) is 0 Å².